The molecule has 0 N–H and O–H groups in total. The lowest BCUT2D eigenvalue weighted by Crippen LogP contribution is -2.54. The van der Waals surface area contributed by atoms with E-state index in [1.807, 2.05) is 0 Å². The van der Waals surface area contributed by atoms with E-state index in [1.165, 1.54) is 0 Å². The van der Waals surface area contributed by atoms with E-state index in [4.69, 9.17) is 16.3 Å². The number of rotatable bonds is 0. The number of ether oxygens (including phenoxy) is 1. The van der Waals surface area contributed by atoms with Gasteiger partial charge in [0.05, 0.1) is 0 Å². The van der Waals surface area contributed by atoms with Gasteiger partial charge in [0.2, 0.25) is 5.06 Å². The lowest BCUT2D eigenvalue weighted by atomic mass is 9.50. The quantitative estimate of drug-likeness (QED) is 0.507. The van der Waals surface area contributed by atoms with Gasteiger partial charge in [0, 0.05) is 18.3 Å². The molecule has 0 radical (unpaired) electrons. The summed E-state index contributed by atoms with van der Waals surface area (Å²) >= 11 is 6.53. The SMILES string of the molecule is C[C@]12CC[C@H]3[C@@H](CC[C@@]45O[C@]4(Cl)C(=O)CC[C@H]35)[C@@H]1CCC2=O. The molecule has 0 amide bonds. The first kappa shape index (κ1) is 14.0. The van der Waals surface area contributed by atoms with Crippen molar-refractivity contribution in [2.45, 2.75) is 69.0 Å². The number of carbonyl (C=O) groups is 2. The summed E-state index contributed by atoms with van der Waals surface area (Å²) in [4.78, 5) is 24.5. The van der Waals surface area contributed by atoms with E-state index < -0.39 is 5.06 Å². The fourth-order valence-electron chi connectivity index (χ4n) is 6.85. The largest absolute Gasteiger partial charge is 0.338 e. The molecule has 120 valence electrons. The molecule has 1 heterocycles. The molecule has 4 heteroatoms. The maximum atomic E-state index is 12.4. The van der Waals surface area contributed by atoms with E-state index in [2.05, 4.69) is 6.92 Å². The van der Waals surface area contributed by atoms with Gasteiger partial charge in [-0.15, -0.1) is 0 Å². The first-order valence-corrected chi connectivity index (χ1v) is 9.26. The van der Waals surface area contributed by atoms with Crippen molar-refractivity contribution in [1.82, 2.24) is 0 Å². The van der Waals surface area contributed by atoms with Crippen LogP contribution >= 0.6 is 11.6 Å². The second kappa shape index (κ2) is 3.97. The highest BCUT2D eigenvalue weighted by Crippen LogP contribution is 2.71. The van der Waals surface area contributed by atoms with Crippen LogP contribution in [0.25, 0.3) is 0 Å². The summed E-state index contributed by atoms with van der Waals surface area (Å²) in [7, 11) is 0. The van der Waals surface area contributed by atoms with Crippen molar-refractivity contribution in [2.24, 2.45) is 29.1 Å². The zero-order valence-corrected chi connectivity index (χ0v) is 13.8. The van der Waals surface area contributed by atoms with E-state index in [0.29, 0.717) is 35.9 Å². The maximum absolute atomic E-state index is 12.4. The van der Waals surface area contributed by atoms with Gasteiger partial charge in [-0.05, 0) is 62.2 Å². The summed E-state index contributed by atoms with van der Waals surface area (Å²) in [5.41, 5.74) is -0.431. The maximum Gasteiger partial charge on any atom is 0.230 e. The zero-order valence-electron chi connectivity index (χ0n) is 13.1. The average Bonchev–Trinajstić information content (AvgIpc) is 3.01. The van der Waals surface area contributed by atoms with Crippen LogP contribution < -0.4 is 0 Å². The first-order chi connectivity index (χ1) is 10.4. The molecule has 0 unspecified atom stereocenters. The molecule has 0 aromatic heterocycles. The molecule has 22 heavy (non-hydrogen) atoms. The van der Waals surface area contributed by atoms with Gasteiger partial charge >= 0.3 is 0 Å². The molecule has 0 aromatic rings. The van der Waals surface area contributed by atoms with Crippen LogP contribution in [0.3, 0.4) is 0 Å². The number of epoxide rings is 1. The van der Waals surface area contributed by atoms with Crippen LogP contribution in [0.1, 0.15) is 58.3 Å². The van der Waals surface area contributed by atoms with Crippen molar-refractivity contribution in [1.29, 1.82) is 0 Å². The molecule has 5 fully saturated rings. The minimum Gasteiger partial charge on any atom is -0.338 e. The zero-order chi connectivity index (χ0) is 15.3. The molecule has 0 aromatic carbocycles. The third-order valence-corrected chi connectivity index (χ3v) is 8.64. The van der Waals surface area contributed by atoms with Gasteiger partial charge in [-0.2, -0.15) is 0 Å². The molecule has 4 saturated carbocycles. The third-order valence-electron chi connectivity index (χ3n) is 8.03. The van der Waals surface area contributed by atoms with Crippen molar-refractivity contribution in [3.63, 3.8) is 0 Å². The highest BCUT2D eigenvalue weighted by atomic mass is 35.5. The van der Waals surface area contributed by atoms with Gasteiger partial charge in [-0.3, -0.25) is 9.59 Å². The number of alkyl halides is 1. The molecular weight excluding hydrogens is 300 g/mol. The van der Waals surface area contributed by atoms with Crippen LogP contribution in [0.15, 0.2) is 0 Å². The molecule has 1 spiro atoms. The van der Waals surface area contributed by atoms with Gasteiger partial charge in [0.25, 0.3) is 0 Å². The normalized spacial score (nSPS) is 59.4. The molecule has 1 saturated heterocycles. The number of carbonyl (C=O) groups excluding carboxylic acids is 2. The van der Waals surface area contributed by atoms with Crippen molar-refractivity contribution in [3.8, 4) is 0 Å². The number of hydrogen-bond acceptors (Lipinski definition) is 3. The standard InChI is InChI=1S/C18H23ClO3/c1-16-8-6-11-10(12(16)2-4-14(16)20)7-9-17-13(11)3-5-15(21)18(17,19)22-17/h10-13H,2-9H2,1H3/t10-,11+,12+,13-,16+,17+,18-/m1/s1. The van der Waals surface area contributed by atoms with E-state index in [-0.39, 0.29) is 16.8 Å². The smallest absolute Gasteiger partial charge is 0.230 e. The Bertz CT molecular complexity index is 589. The van der Waals surface area contributed by atoms with Gasteiger partial charge < -0.3 is 4.74 Å². The summed E-state index contributed by atoms with van der Waals surface area (Å²) < 4.78 is 5.92. The Morgan fingerprint density at radius 1 is 0.955 bits per heavy atom. The molecule has 0 bridgehead atoms. The Hall–Kier alpha value is -0.410. The predicted molar refractivity (Wildman–Crippen MR) is 81.4 cm³/mol. The fourth-order valence-corrected chi connectivity index (χ4v) is 7.32. The van der Waals surface area contributed by atoms with E-state index >= 15 is 0 Å². The second-order valence-corrected chi connectivity index (χ2v) is 9.08. The van der Waals surface area contributed by atoms with Gasteiger partial charge in [0.1, 0.15) is 11.4 Å². The fraction of sp³-hybridized carbons (Fsp3) is 0.889. The summed E-state index contributed by atoms with van der Waals surface area (Å²) in [6, 6.07) is 0. The Labute approximate surface area is 136 Å². The second-order valence-electron chi connectivity index (χ2n) is 8.55. The first-order valence-electron chi connectivity index (χ1n) is 8.88. The van der Waals surface area contributed by atoms with Gasteiger partial charge in [-0.1, -0.05) is 18.5 Å². The predicted octanol–water partition coefficient (Wildman–Crippen LogP) is 3.48. The van der Waals surface area contributed by atoms with Crippen LogP contribution in [-0.4, -0.2) is 22.2 Å². The number of fused-ring (bicyclic) bond motifs is 4. The molecule has 5 rings (SSSR count). The number of Topliss-reactive ketones (excluding diaryl/α,β-unsaturated/α-hetero) is 2. The Morgan fingerprint density at radius 2 is 1.59 bits per heavy atom. The van der Waals surface area contributed by atoms with Crippen LogP contribution in [0.5, 0.6) is 0 Å². The number of ketones is 2. The Morgan fingerprint density at radius 3 is 2.41 bits per heavy atom. The lowest BCUT2D eigenvalue weighted by Gasteiger charge is -2.53. The van der Waals surface area contributed by atoms with Gasteiger partial charge in [-0.25, -0.2) is 0 Å². The number of halogens is 1. The molecule has 7 atom stereocenters. The highest BCUT2D eigenvalue weighted by molar-refractivity contribution is 6.37. The van der Waals surface area contributed by atoms with Crippen LogP contribution in [0, 0.1) is 29.1 Å². The highest BCUT2D eigenvalue weighted by Gasteiger charge is 2.80. The van der Waals surface area contributed by atoms with E-state index in [1.54, 1.807) is 0 Å². The number of hydrogen-bond donors (Lipinski definition) is 0. The molecule has 3 nitrogen and oxygen atoms in total. The third kappa shape index (κ3) is 1.36. The van der Waals surface area contributed by atoms with Crippen molar-refractivity contribution >= 4 is 23.2 Å². The van der Waals surface area contributed by atoms with Crippen LogP contribution in [-0.2, 0) is 14.3 Å². The average molecular weight is 323 g/mol. The Kier molecular flexibility index (Phi) is 2.52. The van der Waals surface area contributed by atoms with Crippen molar-refractivity contribution in [2.75, 3.05) is 0 Å². The Balaban J connectivity index is 1.49. The summed E-state index contributed by atoms with van der Waals surface area (Å²) in [6.45, 7) is 2.21. The minimum atomic E-state index is -0.993. The van der Waals surface area contributed by atoms with Gasteiger partial charge in [0.15, 0.2) is 5.78 Å². The topological polar surface area (TPSA) is 46.7 Å². The minimum absolute atomic E-state index is 0.0708. The van der Waals surface area contributed by atoms with Crippen molar-refractivity contribution < 1.29 is 14.3 Å². The van der Waals surface area contributed by atoms with Crippen LogP contribution in [0.4, 0.5) is 0 Å². The van der Waals surface area contributed by atoms with E-state index in [0.717, 1.165) is 44.9 Å². The monoisotopic (exact) mass is 322 g/mol. The van der Waals surface area contributed by atoms with E-state index in [9.17, 15) is 9.59 Å². The lowest BCUT2D eigenvalue weighted by molar-refractivity contribution is -0.133. The molecule has 1 aliphatic heterocycles. The molecule has 5 aliphatic rings. The molecule has 4 aliphatic carbocycles. The summed E-state index contributed by atoms with van der Waals surface area (Å²) in [6.07, 6.45) is 7.47. The van der Waals surface area contributed by atoms with Crippen molar-refractivity contribution in [3.05, 3.63) is 0 Å². The summed E-state index contributed by atoms with van der Waals surface area (Å²) in [5.74, 6) is 2.81. The van der Waals surface area contributed by atoms with Crippen LogP contribution in [0.2, 0.25) is 0 Å². The summed E-state index contributed by atoms with van der Waals surface area (Å²) in [5, 5.41) is -0.993. The molecular formula is C18H23ClO3.